The zero-order chi connectivity index (χ0) is 20.0. The predicted octanol–water partition coefficient (Wildman–Crippen LogP) is 4.11. The van der Waals surface area contributed by atoms with E-state index in [0.717, 1.165) is 0 Å². The lowest BCUT2D eigenvalue weighted by Gasteiger charge is -2.22. The van der Waals surface area contributed by atoms with Crippen LogP contribution in [0.4, 0.5) is 0 Å². The van der Waals surface area contributed by atoms with E-state index in [1.165, 1.54) is 11.1 Å². The molecule has 0 saturated carbocycles. The van der Waals surface area contributed by atoms with Crippen LogP contribution in [0, 0.1) is 10.1 Å². The molecule has 1 aromatic carbocycles. The Morgan fingerprint density at radius 3 is 1.77 bits per heavy atom. The molecule has 9 heteroatoms. The quantitative estimate of drug-likeness (QED) is 0.446. The first-order valence-corrected chi connectivity index (χ1v) is 9.37. The molecule has 142 valence electrons. The maximum absolute atomic E-state index is 10.1. The molecule has 0 unspecified atom stereocenters. The molecule has 0 aliphatic carbocycles. The second-order valence-corrected chi connectivity index (χ2v) is 7.58. The second-order valence-electron chi connectivity index (χ2n) is 6.72. The third kappa shape index (κ3) is 5.29. The Bertz CT molecular complexity index is 834. The first kappa shape index (κ1) is 21.6. The third-order valence-corrected chi connectivity index (χ3v) is 4.37. The SMILES string of the molecule is CC(C)c1cccc(C(C)C)c1C(C)C.O=[N+]([O-])C1=NN=NC1=S(=O)=O. The number of rotatable bonds is 3. The highest BCUT2D eigenvalue weighted by Gasteiger charge is 2.28. The molecule has 0 amide bonds. The van der Waals surface area contributed by atoms with Crippen molar-refractivity contribution < 1.29 is 13.3 Å². The van der Waals surface area contributed by atoms with Crippen LogP contribution in [0.15, 0.2) is 33.6 Å². The lowest BCUT2D eigenvalue weighted by molar-refractivity contribution is -0.345. The topological polar surface area (TPSA) is 114 Å². The molecule has 1 aliphatic rings. The summed E-state index contributed by atoms with van der Waals surface area (Å²) in [5.74, 6) is 1.03. The number of nitro groups is 1. The molecule has 0 saturated heterocycles. The Labute approximate surface area is 154 Å². The van der Waals surface area contributed by atoms with Gasteiger partial charge in [0.2, 0.25) is 0 Å². The minimum absolute atomic E-state index is 0.626. The fourth-order valence-electron chi connectivity index (χ4n) is 2.69. The fraction of sp³-hybridized carbons (Fsp3) is 0.529. The molecule has 0 N–H and O–H groups in total. The van der Waals surface area contributed by atoms with Gasteiger partial charge in [-0.25, -0.2) is 0 Å². The van der Waals surface area contributed by atoms with Crippen molar-refractivity contribution in [1.29, 1.82) is 0 Å². The van der Waals surface area contributed by atoms with Crippen LogP contribution in [0.2, 0.25) is 0 Å². The Hall–Kier alpha value is -2.42. The van der Waals surface area contributed by atoms with Crippen LogP contribution in [0.25, 0.3) is 0 Å². The van der Waals surface area contributed by atoms with Gasteiger partial charge in [-0.15, -0.1) is 0 Å². The molecule has 1 aliphatic heterocycles. The van der Waals surface area contributed by atoms with Gasteiger partial charge in [0.15, 0.2) is 0 Å². The van der Waals surface area contributed by atoms with Crippen LogP contribution in [0.1, 0.15) is 76.0 Å². The zero-order valence-corrected chi connectivity index (χ0v) is 16.6. The zero-order valence-electron chi connectivity index (χ0n) is 15.8. The fourth-order valence-corrected chi connectivity index (χ4v) is 3.06. The molecule has 2 rings (SSSR count). The summed E-state index contributed by atoms with van der Waals surface area (Å²) in [5.41, 5.74) is 4.62. The number of hydrogen-bond acceptors (Lipinski definition) is 6. The van der Waals surface area contributed by atoms with Gasteiger partial charge in [0.1, 0.15) is 5.10 Å². The van der Waals surface area contributed by atoms with E-state index < -0.39 is 26.0 Å². The molecule has 26 heavy (non-hydrogen) atoms. The van der Waals surface area contributed by atoms with Gasteiger partial charge in [-0.3, -0.25) is 0 Å². The number of hydrogen-bond donors (Lipinski definition) is 0. The molecule has 0 bridgehead atoms. The Morgan fingerprint density at radius 2 is 1.46 bits per heavy atom. The summed E-state index contributed by atoms with van der Waals surface area (Å²) in [4.78, 5) is 8.27. The Morgan fingerprint density at radius 1 is 0.962 bits per heavy atom. The maximum atomic E-state index is 10.1. The summed E-state index contributed by atoms with van der Waals surface area (Å²) in [7, 11) is -2.76. The molecule has 8 nitrogen and oxygen atoms in total. The molecule has 0 fully saturated rings. The summed E-state index contributed by atoms with van der Waals surface area (Å²) in [6.45, 7) is 13.7. The average Bonchev–Trinajstić information content (AvgIpc) is 3.04. The van der Waals surface area contributed by atoms with Crippen LogP contribution in [-0.2, 0) is 10.3 Å². The third-order valence-electron chi connectivity index (χ3n) is 3.79. The molecule has 1 aromatic rings. The van der Waals surface area contributed by atoms with Gasteiger partial charge in [-0.05, 0) is 39.4 Å². The van der Waals surface area contributed by atoms with E-state index in [1.54, 1.807) is 5.56 Å². The van der Waals surface area contributed by atoms with Crippen LogP contribution in [-0.4, -0.2) is 24.2 Å². The van der Waals surface area contributed by atoms with Crippen molar-refractivity contribution in [2.75, 3.05) is 0 Å². The van der Waals surface area contributed by atoms with E-state index >= 15 is 0 Å². The van der Waals surface area contributed by atoms with Gasteiger partial charge in [-0.2, -0.15) is 8.42 Å². The van der Waals surface area contributed by atoms with E-state index in [0.29, 0.717) is 17.8 Å². The minimum Gasteiger partial charge on any atom is -0.358 e. The van der Waals surface area contributed by atoms with Crippen molar-refractivity contribution in [3.8, 4) is 0 Å². The summed E-state index contributed by atoms with van der Waals surface area (Å²) in [6.07, 6.45) is 0. The largest absolute Gasteiger partial charge is 0.436 e. The number of benzene rings is 1. The molecule has 0 spiro atoms. The van der Waals surface area contributed by atoms with E-state index in [-0.39, 0.29) is 0 Å². The Balaban J connectivity index is 0.000000273. The van der Waals surface area contributed by atoms with Crippen LogP contribution in [0.5, 0.6) is 0 Å². The van der Waals surface area contributed by atoms with Gasteiger partial charge in [0, 0.05) is 0 Å². The van der Waals surface area contributed by atoms with Crippen molar-refractivity contribution in [1.82, 2.24) is 0 Å². The van der Waals surface area contributed by atoms with Crippen molar-refractivity contribution in [2.45, 2.75) is 59.3 Å². The van der Waals surface area contributed by atoms with E-state index in [4.69, 9.17) is 0 Å². The second kappa shape index (κ2) is 9.33. The van der Waals surface area contributed by atoms with Gasteiger partial charge in [0.05, 0.1) is 5.22 Å². The summed E-state index contributed by atoms with van der Waals surface area (Å²) in [5, 5.41) is 18.6. The minimum atomic E-state index is -2.76. The number of amidine groups is 1. The molecular formula is C17H24N4O4S. The highest BCUT2D eigenvalue weighted by molar-refractivity contribution is 7.74. The van der Waals surface area contributed by atoms with Gasteiger partial charge in [0.25, 0.3) is 10.3 Å². The van der Waals surface area contributed by atoms with Crippen LogP contribution >= 0.6 is 0 Å². The normalized spacial score (nSPS) is 13.1. The summed E-state index contributed by atoms with van der Waals surface area (Å²) < 4.78 is 20.3. The first-order valence-electron chi connectivity index (χ1n) is 8.30. The lowest BCUT2D eigenvalue weighted by Crippen LogP contribution is -2.19. The van der Waals surface area contributed by atoms with E-state index in [1.807, 2.05) is 0 Å². The maximum Gasteiger partial charge on any atom is 0.436 e. The van der Waals surface area contributed by atoms with E-state index in [9.17, 15) is 18.5 Å². The summed E-state index contributed by atoms with van der Waals surface area (Å²) >= 11 is 0. The highest BCUT2D eigenvalue weighted by atomic mass is 32.2. The summed E-state index contributed by atoms with van der Waals surface area (Å²) in [6, 6.07) is 6.77. The van der Waals surface area contributed by atoms with Crippen molar-refractivity contribution >= 4 is 21.1 Å². The van der Waals surface area contributed by atoms with E-state index in [2.05, 4.69) is 75.2 Å². The first-order chi connectivity index (χ1) is 12.1. The molecule has 0 atom stereocenters. The van der Waals surface area contributed by atoms with Gasteiger partial charge >= 0.3 is 10.8 Å². The molecular weight excluding hydrogens is 356 g/mol. The van der Waals surface area contributed by atoms with Crippen LogP contribution < -0.4 is 0 Å². The number of nitrogens with zero attached hydrogens (tertiary/aromatic N) is 4. The monoisotopic (exact) mass is 380 g/mol. The van der Waals surface area contributed by atoms with Crippen molar-refractivity contribution in [2.24, 2.45) is 15.4 Å². The lowest BCUT2D eigenvalue weighted by atomic mass is 9.83. The van der Waals surface area contributed by atoms with Gasteiger partial charge in [-0.1, -0.05) is 64.9 Å². The van der Waals surface area contributed by atoms with Gasteiger partial charge < -0.3 is 10.1 Å². The van der Waals surface area contributed by atoms with Crippen LogP contribution in [0.3, 0.4) is 0 Å². The smallest absolute Gasteiger partial charge is 0.358 e. The molecule has 1 heterocycles. The predicted molar refractivity (Wildman–Crippen MR) is 102 cm³/mol. The van der Waals surface area contributed by atoms with Crippen molar-refractivity contribution in [3.63, 3.8) is 0 Å². The highest BCUT2D eigenvalue weighted by Crippen LogP contribution is 2.32. The molecule has 0 aromatic heterocycles. The molecule has 0 radical (unpaired) electrons. The standard InChI is InChI=1S/C15H24.C2N4O4S/c1-10(2)13-8-7-9-14(11(3)4)15(13)12(5)6;7-6(8)1-2(11(9)10)4-5-3-1/h7-12H,1-6H3;. The Kier molecular flexibility index (Phi) is 7.76. The van der Waals surface area contributed by atoms with Crippen molar-refractivity contribution in [3.05, 3.63) is 45.0 Å². The average molecular weight is 380 g/mol.